The molecule has 0 bridgehead atoms. The molecule has 0 aliphatic rings. The van der Waals surface area contributed by atoms with Crippen molar-refractivity contribution in [1.29, 1.82) is 0 Å². The molecule has 0 saturated carbocycles. The zero-order valence-electron chi connectivity index (χ0n) is 9.67. The van der Waals surface area contributed by atoms with E-state index in [-0.39, 0.29) is 5.69 Å². The number of ether oxygens (including phenoxy) is 1. The van der Waals surface area contributed by atoms with Crippen molar-refractivity contribution in [3.63, 3.8) is 0 Å². The van der Waals surface area contributed by atoms with Crippen LogP contribution in [0.5, 0.6) is 0 Å². The summed E-state index contributed by atoms with van der Waals surface area (Å²) in [6.07, 6.45) is 1.51. The molecule has 0 aromatic heterocycles. The lowest BCUT2D eigenvalue weighted by Crippen LogP contribution is -2.09. The summed E-state index contributed by atoms with van der Waals surface area (Å²) in [5.41, 5.74) is 0.227. The van der Waals surface area contributed by atoms with Crippen molar-refractivity contribution in [3.05, 3.63) is 39.9 Å². The minimum Gasteiger partial charge on any atom is -0.366 e. The molecular weight excluding hydrogens is 222 g/mol. The Morgan fingerprint density at radius 3 is 2.76 bits per heavy atom. The molecule has 1 aromatic carbocycles. The Morgan fingerprint density at radius 1 is 1.47 bits per heavy atom. The molecule has 92 valence electrons. The third-order valence-electron chi connectivity index (χ3n) is 2.36. The highest BCUT2D eigenvalue weighted by molar-refractivity contribution is 5.63. The van der Waals surface area contributed by atoms with Crippen LogP contribution in [-0.4, -0.2) is 17.8 Å². The Hall–Kier alpha value is -1.75. The Kier molecular flexibility index (Phi) is 5.29. The van der Waals surface area contributed by atoms with E-state index in [2.05, 4.69) is 0 Å². The maximum absolute atomic E-state index is 10.9. The van der Waals surface area contributed by atoms with Crippen LogP contribution in [0.2, 0.25) is 0 Å². The van der Waals surface area contributed by atoms with Gasteiger partial charge in [-0.1, -0.05) is 25.5 Å². The molecule has 0 radical (unpaired) electrons. The number of carbonyl (C=O) groups excluding carboxylic acids is 1. The smallest absolute Gasteiger partial charge is 0.275 e. The number of nitrogens with zero attached hydrogens (tertiary/aromatic N) is 1. The van der Waals surface area contributed by atoms with Gasteiger partial charge in [-0.15, -0.1) is 0 Å². The van der Waals surface area contributed by atoms with Gasteiger partial charge in [0, 0.05) is 12.7 Å². The van der Waals surface area contributed by atoms with Crippen LogP contribution in [-0.2, 0) is 9.53 Å². The number of benzene rings is 1. The molecule has 17 heavy (non-hydrogen) atoms. The van der Waals surface area contributed by atoms with Crippen molar-refractivity contribution >= 4 is 12.0 Å². The second-order valence-electron chi connectivity index (χ2n) is 3.60. The molecule has 0 heterocycles. The highest BCUT2D eigenvalue weighted by Crippen LogP contribution is 2.26. The molecule has 0 N–H and O–H groups in total. The van der Waals surface area contributed by atoms with E-state index >= 15 is 0 Å². The first-order valence-electron chi connectivity index (χ1n) is 5.51. The van der Waals surface area contributed by atoms with Crippen LogP contribution in [0.15, 0.2) is 24.3 Å². The van der Waals surface area contributed by atoms with Gasteiger partial charge in [0.2, 0.25) is 0 Å². The molecule has 0 spiro atoms. The fourth-order valence-electron chi connectivity index (χ4n) is 1.45. The number of hydrogen-bond donors (Lipinski definition) is 0. The SMILES string of the molecule is CCCCOC(C=O)c1ccccc1[N+](=O)[O-]. The molecule has 1 unspecified atom stereocenters. The minimum absolute atomic E-state index is 0.0823. The van der Waals surface area contributed by atoms with Gasteiger partial charge >= 0.3 is 0 Å². The Labute approximate surface area is 99.5 Å². The zero-order chi connectivity index (χ0) is 12.7. The van der Waals surface area contributed by atoms with Gasteiger partial charge < -0.3 is 9.53 Å². The van der Waals surface area contributed by atoms with Crippen LogP contribution >= 0.6 is 0 Å². The van der Waals surface area contributed by atoms with E-state index in [4.69, 9.17) is 4.74 Å². The third kappa shape index (κ3) is 3.64. The summed E-state index contributed by atoms with van der Waals surface area (Å²) >= 11 is 0. The molecule has 0 amide bonds. The second kappa shape index (κ2) is 6.75. The average molecular weight is 237 g/mol. The predicted octanol–water partition coefficient (Wildman–Crippen LogP) is 2.65. The van der Waals surface area contributed by atoms with E-state index in [0.29, 0.717) is 18.5 Å². The van der Waals surface area contributed by atoms with E-state index in [1.165, 1.54) is 6.07 Å². The van der Waals surface area contributed by atoms with Gasteiger partial charge in [0.05, 0.1) is 10.5 Å². The average Bonchev–Trinajstić information content (AvgIpc) is 2.35. The topological polar surface area (TPSA) is 69.4 Å². The van der Waals surface area contributed by atoms with Crippen LogP contribution < -0.4 is 0 Å². The number of rotatable bonds is 7. The maximum Gasteiger partial charge on any atom is 0.275 e. The highest BCUT2D eigenvalue weighted by atomic mass is 16.6. The van der Waals surface area contributed by atoms with Gasteiger partial charge in [-0.05, 0) is 12.5 Å². The lowest BCUT2D eigenvalue weighted by atomic mass is 10.1. The molecule has 5 nitrogen and oxygen atoms in total. The van der Waals surface area contributed by atoms with Gasteiger partial charge in [0.15, 0.2) is 6.29 Å². The van der Waals surface area contributed by atoms with E-state index < -0.39 is 11.0 Å². The fraction of sp³-hybridized carbons (Fsp3) is 0.417. The van der Waals surface area contributed by atoms with Crippen LogP contribution in [0.4, 0.5) is 5.69 Å². The number of nitro groups is 1. The Bertz CT molecular complexity index is 392. The maximum atomic E-state index is 10.9. The van der Waals surface area contributed by atoms with Crippen molar-refractivity contribution in [2.24, 2.45) is 0 Å². The van der Waals surface area contributed by atoms with Crippen LogP contribution in [0.1, 0.15) is 31.4 Å². The van der Waals surface area contributed by atoms with Gasteiger partial charge in [-0.3, -0.25) is 10.1 Å². The van der Waals surface area contributed by atoms with Crippen molar-refractivity contribution in [2.45, 2.75) is 25.9 Å². The normalized spacial score (nSPS) is 12.1. The minimum atomic E-state index is -0.858. The summed E-state index contributed by atoms with van der Waals surface area (Å²) in [5, 5.41) is 10.8. The number of carbonyl (C=O) groups is 1. The molecule has 0 saturated heterocycles. The molecular formula is C12H15NO4. The summed E-state index contributed by atoms with van der Waals surface area (Å²) < 4.78 is 5.34. The van der Waals surface area contributed by atoms with E-state index in [1.807, 2.05) is 6.92 Å². The largest absolute Gasteiger partial charge is 0.366 e. The molecule has 1 rings (SSSR count). The van der Waals surface area contributed by atoms with E-state index in [9.17, 15) is 14.9 Å². The lowest BCUT2D eigenvalue weighted by Gasteiger charge is -2.11. The lowest BCUT2D eigenvalue weighted by molar-refractivity contribution is -0.386. The zero-order valence-corrected chi connectivity index (χ0v) is 9.67. The second-order valence-corrected chi connectivity index (χ2v) is 3.60. The molecule has 0 aliphatic carbocycles. The number of hydrogen-bond acceptors (Lipinski definition) is 4. The van der Waals surface area contributed by atoms with Crippen molar-refractivity contribution in [3.8, 4) is 0 Å². The monoisotopic (exact) mass is 237 g/mol. The summed E-state index contributed by atoms with van der Waals surface area (Å²) in [4.78, 5) is 21.2. The van der Waals surface area contributed by atoms with Gasteiger partial charge in [0.1, 0.15) is 6.10 Å². The number of aldehydes is 1. The van der Waals surface area contributed by atoms with Crippen LogP contribution in [0.3, 0.4) is 0 Å². The number of para-hydroxylation sites is 1. The van der Waals surface area contributed by atoms with Gasteiger partial charge in [-0.25, -0.2) is 0 Å². The molecule has 0 aliphatic heterocycles. The van der Waals surface area contributed by atoms with Gasteiger partial charge in [0.25, 0.3) is 5.69 Å². The van der Waals surface area contributed by atoms with Crippen LogP contribution in [0, 0.1) is 10.1 Å². The summed E-state index contributed by atoms with van der Waals surface area (Å²) in [6, 6.07) is 6.13. The number of nitro benzene ring substituents is 1. The Morgan fingerprint density at radius 2 is 2.18 bits per heavy atom. The van der Waals surface area contributed by atoms with Crippen molar-refractivity contribution in [2.75, 3.05) is 6.61 Å². The molecule has 0 fully saturated rings. The third-order valence-corrected chi connectivity index (χ3v) is 2.36. The summed E-state index contributed by atoms with van der Waals surface area (Å²) in [5.74, 6) is 0. The number of unbranched alkanes of at least 4 members (excludes halogenated alkanes) is 1. The van der Waals surface area contributed by atoms with E-state index in [0.717, 1.165) is 12.8 Å². The Balaban J connectivity index is 2.87. The quantitative estimate of drug-likeness (QED) is 0.316. The van der Waals surface area contributed by atoms with Crippen molar-refractivity contribution in [1.82, 2.24) is 0 Å². The summed E-state index contributed by atoms with van der Waals surface area (Å²) in [6.45, 7) is 2.43. The first kappa shape index (κ1) is 13.3. The first-order valence-corrected chi connectivity index (χ1v) is 5.51. The van der Waals surface area contributed by atoms with Crippen molar-refractivity contribution < 1.29 is 14.5 Å². The molecule has 1 atom stereocenters. The van der Waals surface area contributed by atoms with Gasteiger partial charge in [-0.2, -0.15) is 0 Å². The first-order chi connectivity index (χ1) is 8.20. The van der Waals surface area contributed by atoms with Crippen LogP contribution in [0.25, 0.3) is 0 Å². The standard InChI is InChI=1S/C12H15NO4/c1-2-3-8-17-12(9-14)10-6-4-5-7-11(10)13(15)16/h4-7,9,12H,2-3,8H2,1H3. The summed E-state index contributed by atoms with van der Waals surface area (Å²) in [7, 11) is 0. The molecule has 1 aromatic rings. The highest BCUT2D eigenvalue weighted by Gasteiger charge is 2.21. The predicted molar refractivity (Wildman–Crippen MR) is 62.8 cm³/mol. The van der Waals surface area contributed by atoms with E-state index in [1.54, 1.807) is 18.2 Å². The molecule has 5 heteroatoms. The fourth-order valence-corrected chi connectivity index (χ4v) is 1.45.